The number of aryl methyl sites for hydroxylation is 2. The van der Waals surface area contributed by atoms with Crippen LogP contribution in [0.25, 0.3) is 5.57 Å². The summed E-state index contributed by atoms with van der Waals surface area (Å²) in [4.78, 5) is 32.2. The number of amides is 2. The molecule has 2 heterocycles. The van der Waals surface area contributed by atoms with E-state index in [1.165, 1.54) is 4.90 Å². The van der Waals surface area contributed by atoms with Gasteiger partial charge in [0.25, 0.3) is 11.8 Å². The van der Waals surface area contributed by atoms with Crippen molar-refractivity contribution in [3.8, 4) is 5.75 Å². The third kappa shape index (κ3) is 3.92. The molecule has 0 unspecified atom stereocenters. The van der Waals surface area contributed by atoms with Gasteiger partial charge in [0.2, 0.25) is 0 Å². The molecule has 31 heavy (non-hydrogen) atoms. The molecular formula is C25H23N3O3. The quantitative estimate of drug-likeness (QED) is 0.616. The number of carbonyl (C=O) groups excluding carboxylic acids is 2. The lowest BCUT2D eigenvalue weighted by Gasteiger charge is -2.16. The highest BCUT2D eigenvalue weighted by atomic mass is 16.5. The molecule has 0 fully saturated rings. The van der Waals surface area contributed by atoms with Gasteiger partial charge >= 0.3 is 0 Å². The number of methoxy groups -OCH3 is 1. The van der Waals surface area contributed by atoms with Crippen LogP contribution in [0.1, 0.15) is 22.3 Å². The maximum Gasteiger partial charge on any atom is 0.278 e. The summed E-state index contributed by atoms with van der Waals surface area (Å²) in [7, 11) is 1.55. The van der Waals surface area contributed by atoms with Crippen molar-refractivity contribution in [1.29, 1.82) is 0 Å². The average Bonchev–Trinajstić information content (AvgIpc) is 3.01. The van der Waals surface area contributed by atoms with Gasteiger partial charge in [0.15, 0.2) is 0 Å². The molecule has 1 aromatic heterocycles. The number of hydrogen-bond acceptors (Lipinski definition) is 5. The zero-order valence-electron chi connectivity index (χ0n) is 17.7. The van der Waals surface area contributed by atoms with Gasteiger partial charge in [0.05, 0.1) is 19.2 Å². The second-order valence-corrected chi connectivity index (χ2v) is 7.45. The van der Waals surface area contributed by atoms with Crippen molar-refractivity contribution >= 4 is 23.1 Å². The highest BCUT2D eigenvalue weighted by molar-refractivity contribution is 6.37. The second kappa shape index (κ2) is 8.44. The minimum absolute atomic E-state index is 0.141. The molecule has 156 valence electrons. The number of rotatable bonds is 6. The zero-order chi connectivity index (χ0) is 22.0. The third-order valence-corrected chi connectivity index (χ3v) is 5.26. The number of para-hydroxylation sites is 1. The lowest BCUT2D eigenvalue weighted by molar-refractivity contribution is -0.137. The highest BCUT2D eigenvalue weighted by Gasteiger charge is 2.40. The van der Waals surface area contributed by atoms with Crippen molar-refractivity contribution in [3.63, 3.8) is 0 Å². The number of pyridine rings is 1. The molecule has 2 amide bonds. The number of anilines is 1. The summed E-state index contributed by atoms with van der Waals surface area (Å²) in [6.07, 6.45) is 3.31. The third-order valence-electron chi connectivity index (χ3n) is 5.26. The van der Waals surface area contributed by atoms with Gasteiger partial charge in [0, 0.05) is 23.6 Å². The molecule has 3 aromatic rings. The first-order valence-electron chi connectivity index (χ1n) is 9.96. The maximum absolute atomic E-state index is 13.5. The molecule has 1 N–H and O–H groups in total. The van der Waals surface area contributed by atoms with Crippen molar-refractivity contribution in [2.24, 2.45) is 0 Å². The topological polar surface area (TPSA) is 71.5 Å². The fourth-order valence-electron chi connectivity index (χ4n) is 3.62. The molecule has 0 spiro atoms. The smallest absolute Gasteiger partial charge is 0.278 e. The van der Waals surface area contributed by atoms with Crippen LogP contribution in [-0.2, 0) is 16.1 Å². The highest BCUT2D eigenvalue weighted by Crippen LogP contribution is 2.36. The van der Waals surface area contributed by atoms with Gasteiger partial charge in [-0.1, -0.05) is 36.4 Å². The van der Waals surface area contributed by atoms with E-state index in [4.69, 9.17) is 4.74 Å². The van der Waals surface area contributed by atoms with Gasteiger partial charge in [-0.15, -0.1) is 0 Å². The Morgan fingerprint density at radius 1 is 1.00 bits per heavy atom. The molecule has 0 saturated carbocycles. The largest absolute Gasteiger partial charge is 0.496 e. The van der Waals surface area contributed by atoms with Crippen molar-refractivity contribution in [3.05, 3.63) is 94.9 Å². The zero-order valence-corrected chi connectivity index (χ0v) is 17.7. The van der Waals surface area contributed by atoms with Crippen molar-refractivity contribution in [2.45, 2.75) is 20.4 Å². The van der Waals surface area contributed by atoms with E-state index >= 15 is 0 Å². The lowest BCUT2D eigenvalue weighted by Crippen LogP contribution is -2.32. The van der Waals surface area contributed by atoms with Crippen LogP contribution in [0, 0.1) is 13.8 Å². The molecule has 0 atom stereocenters. The molecule has 0 radical (unpaired) electrons. The van der Waals surface area contributed by atoms with Crippen LogP contribution in [-0.4, -0.2) is 28.8 Å². The van der Waals surface area contributed by atoms with E-state index in [1.54, 1.807) is 37.7 Å². The molecule has 0 saturated heterocycles. The molecule has 1 aliphatic rings. The Morgan fingerprint density at radius 3 is 2.55 bits per heavy atom. The molecule has 4 rings (SSSR count). The predicted octanol–water partition coefficient (Wildman–Crippen LogP) is 4.10. The monoisotopic (exact) mass is 413 g/mol. The number of nitrogens with one attached hydrogen (secondary N) is 1. The number of ether oxygens (including phenoxy) is 1. The van der Waals surface area contributed by atoms with E-state index in [2.05, 4.69) is 10.3 Å². The standard InChI is InChI=1S/C25H23N3O3/c1-16-10-11-17(2)20(13-16)27-23-22(19-8-4-5-9-21(19)31-3)24(29)28(25(23)30)15-18-7-6-12-26-14-18/h4-14,27H,15H2,1-3H3. The summed E-state index contributed by atoms with van der Waals surface area (Å²) in [6, 6.07) is 16.8. The number of nitrogens with zero attached hydrogens (tertiary/aromatic N) is 2. The molecule has 1 aliphatic heterocycles. The van der Waals surface area contributed by atoms with Crippen LogP contribution >= 0.6 is 0 Å². The van der Waals surface area contributed by atoms with Crippen LogP contribution in [0.2, 0.25) is 0 Å². The van der Waals surface area contributed by atoms with E-state index in [-0.39, 0.29) is 24.1 Å². The Bertz CT molecular complexity index is 1190. The van der Waals surface area contributed by atoms with Gasteiger partial charge in [-0.25, -0.2) is 0 Å². The SMILES string of the molecule is COc1ccccc1C1=C(Nc2cc(C)ccc2C)C(=O)N(Cc2cccnc2)C1=O. The van der Waals surface area contributed by atoms with Crippen molar-refractivity contribution < 1.29 is 14.3 Å². The summed E-state index contributed by atoms with van der Waals surface area (Å²) in [5.74, 6) is -0.219. The van der Waals surface area contributed by atoms with Gasteiger partial charge in [0.1, 0.15) is 11.4 Å². The van der Waals surface area contributed by atoms with Gasteiger partial charge in [-0.05, 0) is 48.7 Å². The van der Waals surface area contributed by atoms with E-state index in [0.717, 1.165) is 22.4 Å². The number of hydrogen-bond donors (Lipinski definition) is 1. The lowest BCUT2D eigenvalue weighted by atomic mass is 10.0. The first-order valence-corrected chi connectivity index (χ1v) is 9.96. The van der Waals surface area contributed by atoms with Crippen molar-refractivity contribution in [2.75, 3.05) is 12.4 Å². The molecule has 6 nitrogen and oxygen atoms in total. The molecule has 0 aliphatic carbocycles. The molecular weight excluding hydrogens is 390 g/mol. The number of benzene rings is 2. The Balaban J connectivity index is 1.82. The number of aromatic nitrogens is 1. The number of carbonyl (C=O) groups is 2. The minimum atomic E-state index is -0.379. The van der Waals surface area contributed by atoms with E-state index in [9.17, 15) is 9.59 Å². The van der Waals surface area contributed by atoms with E-state index < -0.39 is 0 Å². The molecule has 6 heteroatoms. The minimum Gasteiger partial charge on any atom is -0.496 e. The van der Waals surface area contributed by atoms with Gasteiger partial charge < -0.3 is 10.1 Å². The Kier molecular flexibility index (Phi) is 5.54. The summed E-state index contributed by atoms with van der Waals surface area (Å²) in [6.45, 7) is 4.08. The van der Waals surface area contributed by atoms with Crippen LogP contribution in [0.3, 0.4) is 0 Å². The summed E-state index contributed by atoms with van der Waals surface area (Å²) in [5, 5.41) is 3.24. The fraction of sp³-hybridized carbons (Fsp3) is 0.160. The predicted molar refractivity (Wildman–Crippen MR) is 119 cm³/mol. The summed E-state index contributed by atoms with van der Waals surface area (Å²) < 4.78 is 5.48. The van der Waals surface area contributed by atoms with Crippen molar-refractivity contribution in [1.82, 2.24) is 9.88 Å². The maximum atomic E-state index is 13.5. The normalized spacial score (nSPS) is 13.7. The molecule has 0 bridgehead atoms. The average molecular weight is 413 g/mol. The Hall–Kier alpha value is -3.93. The van der Waals surface area contributed by atoms with E-state index in [0.29, 0.717) is 16.9 Å². The van der Waals surface area contributed by atoms with Gasteiger partial charge in [-0.2, -0.15) is 0 Å². The first-order chi connectivity index (χ1) is 15.0. The van der Waals surface area contributed by atoms with Gasteiger partial charge in [-0.3, -0.25) is 19.5 Å². The second-order valence-electron chi connectivity index (χ2n) is 7.45. The van der Waals surface area contributed by atoms with Crippen LogP contribution in [0.5, 0.6) is 5.75 Å². The number of imide groups is 1. The Labute approximate surface area is 181 Å². The fourth-order valence-corrected chi connectivity index (χ4v) is 3.62. The van der Waals surface area contributed by atoms with E-state index in [1.807, 2.05) is 50.2 Å². The summed E-state index contributed by atoms with van der Waals surface area (Å²) in [5.41, 5.74) is 4.70. The molecule has 2 aromatic carbocycles. The van der Waals surface area contributed by atoms with Crippen LogP contribution < -0.4 is 10.1 Å². The van der Waals surface area contributed by atoms with Crippen LogP contribution in [0.15, 0.2) is 72.7 Å². The Morgan fingerprint density at radius 2 is 1.81 bits per heavy atom. The first kappa shape index (κ1) is 20.3. The van der Waals surface area contributed by atoms with Crippen LogP contribution in [0.4, 0.5) is 5.69 Å². The summed E-state index contributed by atoms with van der Waals surface area (Å²) >= 11 is 0.